The Kier molecular flexibility index (Phi) is 2.23. The van der Waals surface area contributed by atoms with Gasteiger partial charge in [0.15, 0.2) is 5.75 Å². The van der Waals surface area contributed by atoms with Gasteiger partial charge >= 0.3 is 0 Å². The summed E-state index contributed by atoms with van der Waals surface area (Å²) in [5.74, 6) is 1.36. The Hall–Kier alpha value is -1.38. The minimum atomic E-state index is 0.379. The van der Waals surface area contributed by atoms with E-state index in [0.717, 1.165) is 11.4 Å². The summed E-state index contributed by atoms with van der Waals surface area (Å²) in [5, 5.41) is 3.43. The van der Waals surface area contributed by atoms with Crippen LogP contribution in [0, 0.1) is 5.92 Å². The van der Waals surface area contributed by atoms with Gasteiger partial charge in [-0.3, -0.25) is 0 Å². The average molecular weight is 192 g/mol. The van der Waals surface area contributed by atoms with Gasteiger partial charge in [-0.15, -0.1) is 0 Å². The van der Waals surface area contributed by atoms with Crippen LogP contribution in [0.2, 0.25) is 0 Å². The fourth-order valence-electron chi connectivity index (χ4n) is 1.60. The lowest BCUT2D eigenvalue weighted by Crippen LogP contribution is -2.35. The molecule has 3 nitrogen and oxygen atoms in total. The van der Waals surface area contributed by atoms with Crippen molar-refractivity contribution in [2.45, 2.75) is 19.9 Å². The fraction of sp³-hybridized carbons (Fsp3) is 0.455. The van der Waals surface area contributed by atoms with E-state index in [9.17, 15) is 0 Å². The van der Waals surface area contributed by atoms with Crippen molar-refractivity contribution in [3.05, 3.63) is 18.2 Å². The van der Waals surface area contributed by atoms with Crippen molar-refractivity contribution in [2.75, 3.05) is 17.7 Å². The second kappa shape index (κ2) is 3.40. The molecule has 14 heavy (non-hydrogen) atoms. The number of hydrogen-bond donors (Lipinski definition) is 2. The lowest BCUT2D eigenvalue weighted by molar-refractivity contribution is 0.258. The zero-order chi connectivity index (χ0) is 10.1. The highest BCUT2D eigenvalue weighted by atomic mass is 16.5. The van der Waals surface area contributed by atoms with Crippen molar-refractivity contribution in [2.24, 2.45) is 5.92 Å². The monoisotopic (exact) mass is 192 g/mol. The summed E-state index contributed by atoms with van der Waals surface area (Å²) in [6.45, 7) is 5.05. The third-order valence-corrected chi connectivity index (χ3v) is 2.60. The number of ether oxygens (including phenoxy) is 1. The highest BCUT2D eigenvalue weighted by Gasteiger charge is 2.22. The van der Waals surface area contributed by atoms with Crippen molar-refractivity contribution < 1.29 is 4.74 Å². The van der Waals surface area contributed by atoms with E-state index < -0.39 is 0 Å². The lowest BCUT2D eigenvalue weighted by atomic mass is 10.0. The van der Waals surface area contributed by atoms with Gasteiger partial charge in [0.2, 0.25) is 0 Å². The number of nitrogens with two attached hydrogens (primary N) is 1. The minimum Gasteiger partial charge on any atom is -0.487 e. The Balaban J connectivity index is 2.27. The molecule has 0 fully saturated rings. The van der Waals surface area contributed by atoms with E-state index in [1.165, 1.54) is 0 Å². The summed E-state index contributed by atoms with van der Waals surface area (Å²) < 4.78 is 5.64. The summed E-state index contributed by atoms with van der Waals surface area (Å²) in [4.78, 5) is 0. The van der Waals surface area contributed by atoms with Gasteiger partial charge in [-0.2, -0.15) is 0 Å². The number of para-hydroxylation sites is 1. The van der Waals surface area contributed by atoms with E-state index in [-0.39, 0.29) is 0 Å². The average Bonchev–Trinajstić information content (AvgIpc) is 2.17. The second-order valence-corrected chi connectivity index (χ2v) is 4.03. The highest BCUT2D eigenvalue weighted by molar-refractivity contribution is 5.70. The third kappa shape index (κ3) is 1.50. The predicted octanol–water partition coefficient (Wildman–Crippen LogP) is 2.10. The van der Waals surface area contributed by atoms with Crippen LogP contribution in [0.15, 0.2) is 18.2 Å². The van der Waals surface area contributed by atoms with E-state index in [0.29, 0.717) is 24.3 Å². The first-order valence-corrected chi connectivity index (χ1v) is 4.96. The molecule has 0 aliphatic carbocycles. The number of nitrogens with one attached hydrogen (secondary N) is 1. The Morgan fingerprint density at radius 1 is 1.50 bits per heavy atom. The molecule has 0 radical (unpaired) electrons. The number of anilines is 2. The molecule has 1 atom stereocenters. The van der Waals surface area contributed by atoms with E-state index in [1.807, 2.05) is 18.2 Å². The molecule has 0 bridgehead atoms. The molecule has 2 rings (SSSR count). The summed E-state index contributed by atoms with van der Waals surface area (Å²) in [6.07, 6.45) is 0. The molecular formula is C11H16N2O. The summed E-state index contributed by atoms with van der Waals surface area (Å²) in [7, 11) is 0. The van der Waals surface area contributed by atoms with Crippen LogP contribution in [-0.4, -0.2) is 12.6 Å². The van der Waals surface area contributed by atoms with E-state index in [2.05, 4.69) is 19.2 Å². The van der Waals surface area contributed by atoms with Crippen LogP contribution in [-0.2, 0) is 0 Å². The molecule has 0 amide bonds. The maximum atomic E-state index is 5.80. The normalized spacial score (nSPS) is 19.8. The summed E-state index contributed by atoms with van der Waals surface area (Å²) in [5.41, 5.74) is 7.51. The molecule has 3 N–H and O–H groups in total. The lowest BCUT2D eigenvalue weighted by Gasteiger charge is -2.30. The van der Waals surface area contributed by atoms with Crippen LogP contribution in [0.5, 0.6) is 5.75 Å². The number of rotatable bonds is 1. The van der Waals surface area contributed by atoms with Crippen molar-refractivity contribution in [1.29, 1.82) is 0 Å². The molecule has 1 heterocycles. The van der Waals surface area contributed by atoms with Crippen LogP contribution < -0.4 is 15.8 Å². The molecule has 1 unspecified atom stereocenters. The Labute approximate surface area is 84.3 Å². The topological polar surface area (TPSA) is 47.3 Å². The van der Waals surface area contributed by atoms with Crippen molar-refractivity contribution in [3.8, 4) is 5.75 Å². The molecule has 3 heteroatoms. The van der Waals surface area contributed by atoms with Crippen molar-refractivity contribution in [1.82, 2.24) is 0 Å². The Morgan fingerprint density at radius 3 is 3.00 bits per heavy atom. The van der Waals surface area contributed by atoms with E-state index >= 15 is 0 Å². The van der Waals surface area contributed by atoms with Gasteiger partial charge in [-0.1, -0.05) is 19.9 Å². The molecule has 0 spiro atoms. The van der Waals surface area contributed by atoms with Gasteiger partial charge in [0.1, 0.15) is 6.61 Å². The third-order valence-electron chi connectivity index (χ3n) is 2.60. The molecule has 0 saturated heterocycles. The van der Waals surface area contributed by atoms with Gasteiger partial charge in [-0.05, 0) is 18.1 Å². The quantitative estimate of drug-likeness (QED) is 0.670. The van der Waals surface area contributed by atoms with Gasteiger partial charge < -0.3 is 15.8 Å². The Bertz CT molecular complexity index is 336. The zero-order valence-electron chi connectivity index (χ0n) is 8.58. The maximum absolute atomic E-state index is 5.80. The SMILES string of the molecule is CC(C)C1COc2c(N)cccc2N1. The van der Waals surface area contributed by atoms with Crippen LogP contribution in [0.4, 0.5) is 11.4 Å². The first-order valence-electron chi connectivity index (χ1n) is 4.96. The first kappa shape index (κ1) is 9.19. The van der Waals surface area contributed by atoms with E-state index in [4.69, 9.17) is 10.5 Å². The van der Waals surface area contributed by atoms with Crippen LogP contribution >= 0.6 is 0 Å². The largest absolute Gasteiger partial charge is 0.487 e. The van der Waals surface area contributed by atoms with Gasteiger partial charge in [-0.25, -0.2) is 0 Å². The second-order valence-electron chi connectivity index (χ2n) is 4.03. The van der Waals surface area contributed by atoms with Crippen LogP contribution in [0.1, 0.15) is 13.8 Å². The smallest absolute Gasteiger partial charge is 0.165 e. The number of nitrogen functional groups attached to an aromatic ring is 1. The molecule has 0 aromatic heterocycles. The van der Waals surface area contributed by atoms with Crippen LogP contribution in [0.25, 0.3) is 0 Å². The van der Waals surface area contributed by atoms with Gasteiger partial charge in [0.25, 0.3) is 0 Å². The molecule has 1 aromatic rings. The van der Waals surface area contributed by atoms with Crippen molar-refractivity contribution >= 4 is 11.4 Å². The fourth-order valence-corrected chi connectivity index (χ4v) is 1.60. The maximum Gasteiger partial charge on any atom is 0.165 e. The number of fused-ring (bicyclic) bond motifs is 1. The Morgan fingerprint density at radius 2 is 2.29 bits per heavy atom. The predicted molar refractivity (Wildman–Crippen MR) is 58.6 cm³/mol. The first-order chi connectivity index (χ1) is 6.68. The standard InChI is InChI=1S/C11H16N2O/c1-7(2)10-6-14-11-8(12)4-3-5-9(11)13-10/h3-5,7,10,13H,6,12H2,1-2H3. The van der Waals surface area contributed by atoms with Crippen LogP contribution in [0.3, 0.4) is 0 Å². The molecule has 1 aliphatic heterocycles. The van der Waals surface area contributed by atoms with Gasteiger partial charge in [0.05, 0.1) is 17.4 Å². The molecule has 76 valence electrons. The minimum absolute atomic E-state index is 0.379. The van der Waals surface area contributed by atoms with E-state index in [1.54, 1.807) is 0 Å². The summed E-state index contributed by atoms with van der Waals surface area (Å²) >= 11 is 0. The zero-order valence-corrected chi connectivity index (χ0v) is 8.58. The molecule has 1 aliphatic rings. The van der Waals surface area contributed by atoms with Gasteiger partial charge in [0, 0.05) is 0 Å². The number of benzene rings is 1. The summed E-state index contributed by atoms with van der Waals surface area (Å²) in [6, 6.07) is 6.17. The molecule has 0 saturated carbocycles. The number of hydrogen-bond acceptors (Lipinski definition) is 3. The molecular weight excluding hydrogens is 176 g/mol. The van der Waals surface area contributed by atoms with Crippen molar-refractivity contribution in [3.63, 3.8) is 0 Å². The highest BCUT2D eigenvalue weighted by Crippen LogP contribution is 2.35. The molecule has 1 aromatic carbocycles.